The van der Waals surface area contributed by atoms with Gasteiger partial charge in [-0.1, -0.05) is 0 Å². The molecule has 20 heavy (non-hydrogen) atoms. The first-order valence-corrected chi connectivity index (χ1v) is 5.54. The molecule has 1 fully saturated rings. The van der Waals surface area contributed by atoms with Crippen molar-refractivity contribution >= 4 is 11.8 Å². The van der Waals surface area contributed by atoms with Gasteiger partial charge in [0.25, 0.3) is 11.8 Å². The van der Waals surface area contributed by atoms with E-state index in [0.717, 1.165) is 0 Å². The average Bonchev–Trinajstić information content (AvgIpc) is 2.46. The topological polar surface area (TPSA) is 200 Å². The van der Waals surface area contributed by atoms with Crippen molar-refractivity contribution in [3.8, 4) is 0 Å². The minimum atomic E-state index is -2.24. The van der Waals surface area contributed by atoms with Gasteiger partial charge in [-0.2, -0.15) is 0 Å². The van der Waals surface area contributed by atoms with Crippen molar-refractivity contribution in [3.05, 3.63) is 0 Å². The Labute approximate surface area is 112 Å². The fourth-order valence-corrected chi connectivity index (χ4v) is 1.56. The number of aliphatic hydroxyl groups is 7. The van der Waals surface area contributed by atoms with Crippen LogP contribution in [0.1, 0.15) is 0 Å². The second kappa shape index (κ2) is 6.41. The van der Waals surface area contributed by atoms with E-state index in [2.05, 4.69) is 0 Å². The summed E-state index contributed by atoms with van der Waals surface area (Å²) < 4.78 is 0. The lowest BCUT2D eigenvalue weighted by Crippen LogP contribution is -2.56. The van der Waals surface area contributed by atoms with E-state index >= 15 is 0 Å². The molecule has 1 aliphatic heterocycles. The normalized spacial score (nSPS) is 44.2. The maximum atomic E-state index is 11.3. The summed E-state index contributed by atoms with van der Waals surface area (Å²) in [7, 11) is 0. The second-order valence-electron chi connectivity index (χ2n) is 4.32. The highest BCUT2D eigenvalue weighted by Crippen LogP contribution is 2.14. The highest BCUT2D eigenvalue weighted by molar-refractivity contribution is 5.87. The van der Waals surface area contributed by atoms with Crippen LogP contribution in [0.25, 0.3) is 0 Å². The molecule has 1 heterocycles. The Morgan fingerprint density at radius 1 is 0.550 bits per heavy atom. The van der Waals surface area contributed by atoms with Crippen LogP contribution in [-0.4, -0.2) is 90.3 Å². The number of carbonyl (C=O) groups excluding carboxylic acids is 2. The van der Waals surface area contributed by atoms with Crippen LogP contribution in [-0.2, 0) is 9.59 Å². The van der Waals surface area contributed by atoms with Crippen molar-refractivity contribution in [3.63, 3.8) is 0 Å². The summed E-state index contributed by atoms with van der Waals surface area (Å²) in [5, 5.41) is 66.1. The minimum absolute atomic E-state index is 1.34. The minimum Gasteiger partial charge on any atom is -0.387 e. The van der Waals surface area contributed by atoms with Gasteiger partial charge in [-0.3, -0.25) is 20.4 Å². The Bertz CT molecular complexity index is 344. The molecule has 1 rings (SSSR count). The summed E-state index contributed by atoms with van der Waals surface area (Å²) in [5.41, 5.74) is 3.23. The Balaban J connectivity index is 3.07. The van der Waals surface area contributed by atoms with Crippen molar-refractivity contribution in [1.82, 2.24) is 10.9 Å². The highest BCUT2D eigenvalue weighted by atomic mass is 16.4. The summed E-state index contributed by atoms with van der Waals surface area (Å²) in [6, 6.07) is 0. The molecule has 1 aliphatic rings. The third-order valence-electron chi connectivity index (χ3n) is 2.89. The molecule has 11 nitrogen and oxygen atoms in total. The van der Waals surface area contributed by atoms with Gasteiger partial charge >= 0.3 is 0 Å². The molecular formula is C9H16N2O9. The zero-order chi connectivity index (χ0) is 15.6. The van der Waals surface area contributed by atoms with Crippen LogP contribution in [0.15, 0.2) is 0 Å². The average molecular weight is 296 g/mol. The zero-order valence-corrected chi connectivity index (χ0v) is 9.99. The van der Waals surface area contributed by atoms with Gasteiger partial charge in [0.05, 0.1) is 0 Å². The number of hydrogen-bond acceptors (Lipinski definition) is 9. The van der Waals surface area contributed by atoms with Gasteiger partial charge in [0, 0.05) is 0 Å². The molecule has 0 saturated carbocycles. The van der Waals surface area contributed by atoms with Gasteiger partial charge in [-0.15, -0.1) is 0 Å². The molecule has 0 bridgehead atoms. The zero-order valence-electron chi connectivity index (χ0n) is 9.99. The number of rotatable bonds is 0. The standard InChI is InChI=1S/C9H16N2O9/c12-1-2(13)4(15)6(17)8(19)10-11-9(20)7(18)5(16)3(1)14/h1-7,12-18H,(H,10,19)(H,11,20). The van der Waals surface area contributed by atoms with Gasteiger partial charge < -0.3 is 35.7 Å². The van der Waals surface area contributed by atoms with E-state index in [-0.39, 0.29) is 0 Å². The predicted octanol–water partition coefficient (Wildman–Crippen LogP) is -6.33. The Hall–Kier alpha value is -1.34. The molecule has 0 aromatic carbocycles. The van der Waals surface area contributed by atoms with Crippen LogP contribution >= 0.6 is 0 Å². The maximum Gasteiger partial charge on any atom is 0.270 e. The molecule has 0 spiro atoms. The van der Waals surface area contributed by atoms with Gasteiger partial charge in [0.15, 0.2) is 12.2 Å². The van der Waals surface area contributed by atoms with Crippen molar-refractivity contribution in [2.45, 2.75) is 42.7 Å². The molecule has 6 atom stereocenters. The van der Waals surface area contributed by atoms with Gasteiger partial charge in [-0.25, -0.2) is 0 Å². The highest BCUT2D eigenvalue weighted by Gasteiger charge is 2.43. The molecular weight excluding hydrogens is 280 g/mol. The van der Waals surface area contributed by atoms with E-state index in [4.69, 9.17) is 0 Å². The van der Waals surface area contributed by atoms with Crippen LogP contribution in [0.2, 0.25) is 0 Å². The number of nitrogens with one attached hydrogen (secondary N) is 2. The molecule has 9 N–H and O–H groups in total. The number of hydrazine groups is 1. The lowest BCUT2D eigenvalue weighted by molar-refractivity contribution is -0.171. The first-order chi connectivity index (χ1) is 9.18. The lowest BCUT2D eigenvalue weighted by Gasteiger charge is -2.30. The summed E-state index contributed by atoms with van der Waals surface area (Å²) in [6.45, 7) is 0. The number of hydrogen-bond donors (Lipinski definition) is 9. The number of amides is 2. The fraction of sp³-hybridized carbons (Fsp3) is 0.778. The first kappa shape index (κ1) is 16.7. The Kier molecular flexibility index (Phi) is 5.35. The van der Waals surface area contributed by atoms with Crippen molar-refractivity contribution < 1.29 is 45.3 Å². The van der Waals surface area contributed by atoms with Gasteiger partial charge in [-0.05, 0) is 0 Å². The second-order valence-corrected chi connectivity index (χ2v) is 4.32. The van der Waals surface area contributed by atoms with Crippen LogP contribution in [0, 0.1) is 0 Å². The van der Waals surface area contributed by atoms with E-state index in [1.807, 2.05) is 0 Å². The predicted molar refractivity (Wildman–Crippen MR) is 58.3 cm³/mol. The molecule has 116 valence electrons. The van der Waals surface area contributed by atoms with Crippen molar-refractivity contribution in [1.29, 1.82) is 0 Å². The summed E-state index contributed by atoms with van der Waals surface area (Å²) >= 11 is 0. The monoisotopic (exact) mass is 296 g/mol. The van der Waals surface area contributed by atoms with Gasteiger partial charge in [0.1, 0.15) is 30.5 Å². The smallest absolute Gasteiger partial charge is 0.270 e. The van der Waals surface area contributed by atoms with E-state index in [9.17, 15) is 45.3 Å². The third-order valence-corrected chi connectivity index (χ3v) is 2.89. The quantitative estimate of drug-likeness (QED) is 0.208. The number of aliphatic hydroxyl groups excluding tert-OH is 7. The van der Waals surface area contributed by atoms with Gasteiger partial charge in [0.2, 0.25) is 0 Å². The molecule has 0 aromatic rings. The van der Waals surface area contributed by atoms with Crippen molar-refractivity contribution in [2.75, 3.05) is 0 Å². The molecule has 1 saturated heterocycles. The summed E-state index contributed by atoms with van der Waals surface area (Å²) in [6.07, 6.45) is -15.6. The summed E-state index contributed by atoms with van der Waals surface area (Å²) in [5.74, 6) is -2.68. The van der Waals surface area contributed by atoms with E-state index in [1.54, 1.807) is 10.9 Å². The van der Waals surface area contributed by atoms with E-state index in [0.29, 0.717) is 0 Å². The number of carbonyl (C=O) groups is 2. The molecule has 0 aromatic heterocycles. The molecule has 2 amide bonds. The molecule has 6 unspecified atom stereocenters. The SMILES string of the molecule is O=C1NNC(=O)C(O)C(O)C(O)C(O)C(O)C(O)C1O. The van der Waals surface area contributed by atoms with E-state index < -0.39 is 54.5 Å². The summed E-state index contributed by atoms with van der Waals surface area (Å²) in [4.78, 5) is 22.6. The van der Waals surface area contributed by atoms with Crippen LogP contribution in [0.5, 0.6) is 0 Å². The van der Waals surface area contributed by atoms with Crippen molar-refractivity contribution in [2.24, 2.45) is 0 Å². The third kappa shape index (κ3) is 3.21. The Morgan fingerprint density at radius 3 is 1.10 bits per heavy atom. The van der Waals surface area contributed by atoms with Crippen LogP contribution in [0.3, 0.4) is 0 Å². The lowest BCUT2D eigenvalue weighted by atomic mass is 9.94. The molecule has 0 aliphatic carbocycles. The molecule has 0 radical (unpaired) electrons. The maximum absolute atomic E-state index is 11.3. The van der Waals surface area contributed by atoms with Crippen LogP contribution < -0.4 is 10.9 Å². The fourth-order valence-electron chi connectivity index (χ4n) is 1.56. The Morgan fingerprint density at radius 2 is 0.800 bits per heavy atom. The van der Waals surface area contributed by atoms with E-state index in [1.165, 1.54) is 0 Å². The molecule has 11 heteroatoms. The van der Waals surface area contributed by atoms with Crippen LogP contribution in [0.4, 0.5) is 0 Å². The first-order valence-electron chi connectivity index (χ1n) is 5.54. The largest absolute Gasteiger partial charge is 0.387 e.